The lowest BCUT2D eigenvalue weighted by atomic mass is 9.78. The highest BCUT2D eigenvalue weighted by Gasteiger charge is 2.58. The van der Waals surface area contributed by atoms with Crippen LogP contribution in [-0.4, -0.2) is 39.6 Å². The van der Waals surface area contributed by atoms with Crippen LogP contribution in [-0.2, 0) is 10.3 Å². The smallest absolute Gasteiger partial charge is 0.410 e. The second-order valence-corrected chi connectivity index (χ2v) is 6.52. The molecule has 1 aromatic rings. The minimum Gasteiger partial charge on any atom is -0.450 e. The Morgan fingerprint density at radius 1 is 1.48 bits per heavy atom. The summed E-state index contributed by atoms with van der Waals surface area (Å²) in [4.78, 5) is 29.5. The quantitative estimate of drug-likeness (QED) is 0.624. The van der Waals surface area contributed by atoms with E-state index in [0.717, 1.165) is 12.8 Å². The fourth-order valence-electron chi connectivity index (χ4n) is 3.88. The molecule has 0 aliphatic carbocycles. The predicted octanol–water partition coefficient (Wildman–Crippen LogP) is 2.99. The fourth-order valence-corrected chi connectivity index (χ4v) is 4.05. The van der Waals surface area contributed by atoms with Crippen LogP contribution >= 0.6 is 11.6 Å². The molecule has 2 atom stereocenters. The van der Waals surface area contributed by atoms with Gasteiger partial charge in [0.15, 0.2) is 0 Å². The Morgan fingerprint density at radius 2 is 2.13 bits per heavy atom. The van der Waals surface area contributed by atoms with Crippen molar-refractivity contribution in [2.24, 2.45) is 0 Å². The normalized spacial score (nSPS) is 29.4. The molecule has 2 saturated heterocycles. The number of amides is 1. The maximum absolute atomic E-state index is 12.1. The van der Waals surface area contributed by atoms with Crippen molar-refractivity contribution < 1.29 is 14.5 Å². The van der Waals surface area contributed by atoms with Crippen molar-refractivity contribution in [3.8, 4) is 0 Å². The molecule has 2 bridgehead atoms. The summed E-state index contributed by atoms with van der Waals surface area (Å²) in [5.41, 5.74) is -0.734. The lowest BCUT2D eigenvalue weighted by Crippen LogP contribution is -2.54. The maximum Gasteiger partial charge on any atom is 0.410 e. The van der Waals surface area contributed by atoms with Crippen LogP contribution in [0.4, 0.5) is 4.79 Å². The zero-order chi connectivity index (χ0) is 16.6. The van der Waals surface area contributed by atoms with Crippen LogP contribution in [0, 0.1) is 10.1 Å². The first-order chi connectivity index (χ1) is 11.0. The number of nitrogens with zero attached hydrogens (tertiary/aromatic N) is 3. The third kappa shape index (κ3) is 2.63. The molecule has 2 fully saturated rings. The standard InChI is InChI=1S/C15H18ClN3O4/c1-2-23-14(20)18-12-3-4-13(18)7-15(6-12,19(21)22)10-5-11(16)9-17-8-10/h5,8-9,12-13H,2-4,6-7H2,1H3. The summed E-state index contributed by atoms with van der Waals surface area (Å²) in [5.74, 6) is 0. The number of carbonyl (C=O) groups excluding carboxylic acids is 1. The average Bonchev–Trinajstić information content (AvgIpc) is 2.78. The van der Waals surface area contributed by atoms with E-state index in [4.69, 9.17) is 16.3 Å². The number of carbonyl (C=O) groups is 1. The topological polar surface area (TPSA) is 85.6 Å². The van der Waals surface area contributed by atoms with Gasteiger partial charge in [0.05, 0.1) is 11.6 Å². The van der Waals surface area contributed by atoms with Crippen LogP contribution in [0.1, 0.15) is 38.2 Å². The van der Waals surface area contributed by atoms with Crippen LogP contribution in [0.15, 0.2) is 18.5 Å². The summed E-state index contributed by atoms with van der Waals surface area (Å²) in [5, 5.41) is 12.3. The number of hydrogen-bond acceptors (Lipinski definition) is 5. The molecule has 2 aliphatic rings. The van der Waals surface area contributed by atoms with Gasteiger partial charge in [-0.05, 0) is 25.8 Å². The van der Waals surface area contributed by atoms with Crippen molar-refractivity contribution in [2.45, 2.75) is 50.2 Å². The Labute approximate surface area is 138 Å². The Bertz CT molecular complexity index is 625. The molecule has 2 aliphatic heterocycles. The van der Waals surface area contributed by atoms with E-state index < -0.39 is 5.54 Å². The van der Waals surface area contributed by atoms with E-state index in [1.165, 1.54) is 12.4 Å². The van der Waals surface area contributed by atoms with Crippen molar-refractivity contribution in [1.82, 2.24) is 9.88 Å². The van der Waals surface area contributed by atoms with Crippen LogP contribution < -0.4 is 0 Å². The molecule has 8 heteroatoms. The Kier molecular flexibility index (Phi) is 4.14. The fraction of sp³-hybridized carbons (Fsp3) is 0.600. The van der Waals surface area contributed by atoms with Gasteiger partial charge in [0.1, 0.15) is 0 Å². The molecule has 23 heavy (non-hydrogen) atoms. The summed E-state index contributed by atoms with van der Waals surface area (Å²) in [6.45, 7) is 2.05. The van der Waals surface area contributed by atoms with Crippen molar-refractivity contribution in [2.75, 3.05) is 6.61 Å². The predicted molar refractivity (Wildman–Crippen MR) is 82.8 cm³/mol. The average molecular weight is 340 g/mol. The molecule has 3 heterocycles. The van der Waals surface area contributed by atoms with Gasteiger partial charge in [-0.3, -0.25) is 15.1 Å². The highest BCUT2D eigenvalue weighted by Crippen LogP contribution is 2.47. The molecule has 1 aromatic heterocycles. The minimum atomic E-state index is -1.24. The van der Waals surface area contributed by atoms with E-state index in [1.807, 2.05) is 0 Å². The number of aromatic nitrogens is 1. The molecule has 2 unspecified atom stereocenters. The van der Waals surface area contributed by atoms with Crippen LogP contribution in [0.2, 0.25) is 5.02 Å². The van der Waals surface area contributed by atoms with Gasteiger partial charge in [0, 0.05) is 47.8 Å². The Morgan fingerprint density at radius 3 is 2.65 bits per heavy atom. The highest BCUT2D eigenvalue weighted by molar-refractivity contribution is 6.30. The third-order valence-corrected chi connectivity index (χ3v) is 5.04. The Balaban J connectivity index is 1.94. The van der Waals surface area contributed by atoms with Gasteiger partial charge < -0.3 is 9.64 Å². The summed E-state index contributed by atoms with van der Waals surface area (Å²) >= 11 is 5.97. The molecule has 0 aromatic carbocycles. The van der Waals surface area contributed by atoms with E-state index in [2.05, 4.69) is 4.98 Å². The molecule has 3 rings (SSSR count). The number of nitro groups is 1. The molecular formula is C15H18ClN3O4. The van der Waals surface area contributed by atoms with E-state index in [0.29, 0.717) is 17.2 Å². The number of piperidine rings is 1. The molecule has 0 saturated carbocycles. The van der Waals surface area contributed by atoms with E-state index >= 15 is 0 Å². The van der Waals surface area contributed by atoms with Crippen molar-refractivity contribution >= 4 is 17.7 Å². The summed E-state index contributed by atoms with van der Waals surface area (Å²) < 4.78 is 5.10. The van der Waals surface area contributed by atoms with Gasteiger partial charge in [-0.1, -0.05) is 11.6 Å². The number of pyridine rings is 1. The molecule has 124 valence electrons. The largest absolute Gasteiger partial charge is 0.450 e. The summed E-state index contributed by atoms with van der Waals surface area (Å²) in [7, 11) is 0. The Hall–Kier alpha value is -1.89. The van der Waals surface area contributed by atoms with E-state index in [9.17, 15) is 14.9 Å². The van der Waals surface area contributed by atoms with Gasteiger partial charge in [-0.15, -0.1) is 0 Å². The van der Waals surface area contributed by atoms with E-state index in [1.54, 1.807) is 17.9 Å². The van der Waals surface area contributed by atoms with Crippen LogP contribution in [0.5, 0.6) is 0 Å². The summed E-state index contributed by atoms with van der Waals surface area (Å²) in [6.07, 6.45) is 4.63. The lowest BCUT2D eigenvalue weighted by molar-refractivity contribution is -0.587. The third-order valence-electron chi connectivity index (χ3n) is 4.84. The first kappa shape index (κ1) is 16.0. The molecule has 1 amide bonds. The van der Waals surface area contributed by atoms with Crippen molar-refractivity contribution in [3.05, 3.63) is 39.2 Å². The van der Waals surface area contributed by atoms with Gasteiger partial charge in [0.25, 0.3) is 5.54 Å². The molecule has 0 N–H and O–H groups in total. The van der Waals surface area contributed by atoms with Crippen molar-refractivity contribution in [3.63, 3.8) is 0 Å². The second-order valence-electron chi connectivity index (χ2n) is 6.08. The van der Waals surface area contributed by atoms with E-state index in [-0.39, 0.29) is 35.9 Å². The van der Waals surface area contributed by atoms with Crippen LogP contribution in [0.25, 0.3) is 0 Å². The number of halogens is 1. The zero-order valence-electron chi connectivity index (χ0n) is 12.8. The summed E-state index contributed by atoms with van der Waals surface area (Å²) in [6, 6.07) is 1.24. The van der Waals surface area contributed by atoms with Crippen LogP contribution in [0.3, 0.4) is 0 Å². The zero-order valence-corrected chi connectivity index (χ0v) is 13.5. The SMILES string of the molecule is CCOC(=O)N1C2CCC1CC(c1cncc(Cl)c1)([N+](=O)[O-])C2. The molecular weight excluding hydrogens is 322 g/mol. The molecule has 7 nitrogen and oxygen atoms in total. The first-order valence-corrected chi connectivity index (χ1v) is 8.06. The van der Waals surface area contributed by atoms with Gasteiger partial charge in [-0.2, -0.15) is 0 Å². The maximum atomic E-state index is 12.1. The second kappa shape index (κ2) is 5.96. The minimum absolute atomic E-state index is 0.183. The monoisotopic (exact) mass is 339 g/mol. The van der Waals surface area contributed by atoms with Gasteiger partial charge >= 0.3 is 6.09 Å². The molecule has 0 radical (unpaired) electrons. The van der Waals surface area contributed by atoms with Crippen molar-refractivity contribution in [1.29, 1.82) is 0 Å². The molecule has 0 spiro atoms. The van der Waals surface area contributed by atoms with Gasteiger partial charge in [-0.25, -0.2) is 4.79 Å². The first-order valence-electron chi connectivity index (χ1n) is 7.68. The lowest BCUT2D eigenvalue weighted by Gasteiger charge is -2.40. The number of rotatable bonds is 3. The highest BCUT2D eigenvalue weighted by atomic mass is 35.5. The number of fused-ring (bicyclic) bond motifs is 2. The number of hydrogen-bond donors (Lipinski definition) is 0. The number of ether oxygens (including phenoxy) is 1. The van der Waals surface area contributed by atoms with Gasteiger partial charge in [0.2, 0.25) is 0 Å².